The second-order valence-corrected chi connectivity index (χ2v) is 10.9. The molecule has 0 amide bonds. The minimum absolute atomic E-state index is 0.0682. The third-order valence-electron chi connectivity index (χ3n) is 6.82. The molecule has 0 aromatic rings. The zero-order valence-corrected chi connectivity index (χ0v) is 19.4. The highest BCUT2D eigenvalue weighted by Gasteiger charge is 2.38. The first-order chi connectivity index (χ1) is 14.5. The van der Waals surface area contributed by atoms with E-state index in [-0.39, 0.29) is 11.3 Å². The standard InChI is InChI=1S/C21H41N5O3S/c1-2-22-20(23-11-16-30(27,28)25-17-19-7-6-8-19)24-18-21(9-4-3-5-10-21)26-12-14-29-15-13-26/h19,25H,2-18H2,1H3,(H2,22,23,24). The van der Waals surface area contributed by atoms with Gasteiger partial charge in [-0.1, -0.05) is 25.7 Å². The van der Waals surface area contributed by atoms with Crippen LogP contribution in [0.25, 0.3) is 0 Å². The molecule has 3 rings (SSSR count). The summed E-state index contributed by atoms with van der Waals surface area (Å²) < 4.78 is 32.8. The smallest absolute Gasteiger partial charge is 0.213 e. The van der Waals surface area contributed by atoms with Crippen LogP contribution < -0.4 is 15.4 Å². The van der Waals surface area contributed by atoms with Crippen LogP contribution in [0, 0.1) is 5.92 Å². The minimum atomic E-state index is -3.25. The van der Waals surface area contributed by atoms with Crippen LogP contribution in [0.15, 0.2) is 4.99 Å². The summed E-state index contributed by atoms with van der Waals surface area (Å²) in [4.78, 5) is 7.48. The molecule has 3 fully saturated rings. The Morgan fingerprint density at radius 1 is 1.10 bits per heavy atom. The molecule has 1 heterocycles. The molecule has 0 radical (unpaired) electrons. The summed E-state index contributed by atoms with van der Waals surface area (Å²) in [6.45, 7) is 8.03. The molecule has 0 atom stereocenters. The largest absolute Gasteiger partial charge is 0.379 e. The number of guanidine groups is 1. The van der Waals surface area contributed by atoms with E-state index in [1.54, 1.807) is 0 Å². The van der Waals surface area contributed by atoms with Gasteiger partial charge in [-0.15, -0.1) is 0 Å². The van der Waals surface area contributed by atoms with Crippen molar-refractivity contribution in [2.75, 3.05) is 58.2 Å². The van der Waals surface area contributed by atoms with Crippen LogP contribution in [0.4, 0.5) is 0 Å². The van der Waals surface area contributed by atoms with Crippen molar-refractivity contribution in [1.82, 2.24) is 20.3 Å². The van der Waals surface area contributed by atoms with Crippen LogP contribution >= 0.6 is 0 Å². The number of sulfonamides is 1. The molecule has 30 heavy (non-hydrogen) atoms. The van der Waals surface area contributed by atoms with Gasteiger partial charge in [-0.3, -0.25) is 9.89 Å². The lowest BCUT2D eigenvalue weighted by Crippen LogP contribution is -2.56. The van der Waals surface area contributed by atoms with Gasteiger partial charge in [0.05, 0.1) is 25.5 Å². The molecule has 174 valence electrons. The molecule has 0 unspecified atom stereocenters. The maximum Gasteiger partial charge on any atom is 0.213 e. The fourth-order valence-electron chi connectivity index (χ4n) is 4.71. The SMILES string of the molecule is CCNC(=NCC1(N2CCOCC2)CCCCC1)NCCS(=O)(=O)NCC1CCC1. The Labute approximate surface area is 182 Å². The summed E-state index contributed by atoms with van der Waals surface area (Å²) in [5, 5.41) is 6.51. The van der Waals surface area contributed by atoms with Crippen LogP contribution in [-0.4, -0.2) is 83.1 Å². The number of morpholine rings is 1. The summed E-state index contributed by atoms with van der Waals surface area (Å²) >= 11 is 0. The van der Waals surface area contributed by atoms with Gasteiger partial charge in [0.15, 0.2) is 5.96 Å². The summed E-state index contributed by atoms with van der Waals surface area (Å²) in [6.07, 6.45) is 9.67. The highest BCUT2D eigenvalue weighted by atomic mass is 32.2. The van der Waals surface area contributed by atoms with E-state index in [9.17, 15) is 8.42 Å². The van der Waals surface area contributed by atoms with Gasteiger partial charge < -0.3 is 15.4 Å². The molecule has 2 saturated carbocycles. The monoisotopic (exact) mass is 443 g/mol. The molecule has 0 aromatic carbocycles. The third kappa shape index (κ3) is 7.07. The number of ether oxygens (including phenoxy) is 1. The van der Waals surface area contributed by atoms with E-state index < -0.39 is 10.0 Å². The summed E-state index contributed by atoms with van der Waals surface area (Å²) in [5.74, 6) is 1.31. The molecule has 1 aliphatic heterocycles. The van der Waals surface area contributed by atoms with E-state index >= 15 is 0 Å². The highest BCUT2D eigenvalue weighted by Crippen LogP contribution is 2.34. The van der Waals surface area contributed by atoms with E-state index in [0.29, 0.717) is 25.0 Å². The topological polar surface area (TPSA) is 95.1 Å². The summed E-state index contributed by atoms with van der Waals surface area (Å²) in [7, 11) is -3.25. The van der Waals surface area contributed by atoms with Crippen molar-refractivity contribution >= 4 is 16.0 Å². The minimum Gasteiger partial charge on any atom is -0.379 e. The normalized spacial score (nSPS) is 23.7. The summed E-state index contributed by atoms with van der Waals surface area (Å²) in [6, 6.07) is 0. The number of nitrogens with one attached hydrogen (secondary N) is 3. The van der Waals surface area contributed by atoms with Crippen molar-refractivity contribution in [3.63, 3.8) is 0 Å². The zero-order valence-electron chi connectivity index (χ0n) is 18.6. The van der Waals surface area contributed by atoms with Crippen LogP contribution in [0.1, 0.15) is 58.3 Å². The van der Waals surface area contributed by atoms with Crippen molar-refractivity contribution in [2.24, 2.45) is 10.9 Å². The van der Waals surface area contributed by atoms with Gasteiger partial charge >= 0.3 is 0 Å². The van der Waals surface area contributed by atoms with Crippen LogP contribution in [0.2, 0.25) is 0 Å². The fraction of sp³-hybridized carbons (Fsp3) is 0.952. The second kappa shape index (κ2) is 11.6. The Morgan fingerprint density at radius 2 is 1.83 bits per heavy atom. The van der Waals surface area contributed by atoms with E-state index in [2.05, 4.69) is 20.3 Å². The molecule has 9 heteroatoms. The molecule has 3 N–H and O–H groups in total. The average molecular weight is 444 g/mol. The number of hydrogen-bond acceptors (Lipinski definition) is 5. The lowest BCUT2D eigenvalue weighted by atomic mass is 9.80. The first-order valence-electron chi connectivity index (χ1n) is 11.9. The van der Waals surface area contributed by atoms with Crippen molar-refractivity contribution in [2.45, 2.75) is 63.8 Å². The van der Waals surface area contributed by atoms with E-state index in [1.165, 1.54) is 38.5 Å². The number of nitrogens with zero attached hydrogens (tertiary/aromatic N) is 2. The Kier molecular flexibility index (Phi) is 9.22. The fourth-order valence-corrected chi connectivity index (χ4v) is 5.71. The average Bonchev–Trinajstić information content (AvgIpc) is 2.72. The van der Waals surface area contributed by atoms with Crippen LogP contribution in [0.3, 0.4) is 0 Å². The Morgan fingerprint density at radius 3 is 2.47 bits per heavy atom. The van der Waals surface area contributed by atoms with Gasteiger partial charge in [-0.25, -0.2) is 13.1 Å². The molecule has 2 aliphatic carbocycles. The van der Waals surface area contributed by atoms with Gasteiger partial charge in [0, 0.05) is 38.3 Å². The van der Waals surface area contributed by atoms with Gasteiger partial charge in [-0.2, -0.15) is 0 Å². The van der Waals surface area contributed by atoms with Crippen molar-refractivity contribution in [1.29, 1.82) is 0 Å². The number of aliphatic imine (C=N–C) groups is 1. The van der Waals surface area contributed by atoms with E-state index in [4.69, 9.17) is 9.73 Å². The lowest BCUT2D eigenvalue weighted by molar-refractivity contribution is -0.0333. The Balaban J connectivity index is 1.52. The quantitative estimate of drug-likeness (QED) is 0.348. The first kappa shape index (κ1) is 23.8. The van der Waals surface area contributed by atoms with Crippen LogP contribution in [0.5, 0.6) is 0 Å². The third-order valence-corrected chi connectivity index (χ3v) is 8.17. The van der Waals surface area contributed by atoms with Crippen molar-refractivity contribution < 1.29 is 13.2 Å². The number of hydrogen-bond donors (Lipinski definition) is 3. The first-order valence-corrected chi connectivity index (χ1v) is 13.5. The second-order valence-electron chi connectivity index (χ2n) is 8.97. The molecule has 3 aliphatic rings. The van der Waals surface area contributed by atoms with Gasteiger partial charge in [-0.05, 0) is 38.5 Å². The molecule has 8 nitrogen and oxygen atoms in total. The molecule has 0 aromatic heterocycles. The maximum atomic E-state index is 12.2. The van der Waals surface area contributed by atoms with Gasteiger partial charge in [0.1, 0.15) is 0 Å². The van der Waals surface area contributed by atoms with Gasteiger partial charge in [0.2, 0.25) is 10.0 Å². The Bertz CT molecular complexity index is 639. The highest BCUT2D eigenvalue weighted by molar-refractivity contribution is 7.89. The van der Waals surface area contributed by atoms with Crippen molar-refractivity contribution in [3.05, 3.63) is 0 Å². The maximum absolute atomic E-state index is 12.2. The molecule has 0 spiro atoms. The van der Waals surface area contributed by atoms with Gasteiger partial charge in [0.25, 0.3) is 0 Å². The zero-order chi connectivity index (χ0) is 21.3. The van der Waals surface area contributed by atoms with Crippen LogP contribution in [-0.2, 0) is 14.8 Å². The Hall–Kier alpha value is -0.900. The molecule has 0 bridgehead atoms. The lowest BCUT2D eigenvalue weighted by Gasteiger charge is -2.47. The number of rotatable bonds is 10. The van der Waals surface area contributed by atoms with E-state index in [1.807, 2.05) is 6.92 Å². The summed E-state index contributed by atoms with van der Waals surface area (Å²) in [5.41, 5.74) is 0.112. The predicted molar refractivity (Wildman–Crippen MR) is 121 cm³/mol. The predicted octanol–water partition coefficient (Wildman–Crippen LogP) is 1.30. The molecular weight excluding hydrogens is 402 g/mol. The molecule has 1 saturated heterocycles. The molecular formula is C21H41N5O3S. The van der Waals surface area contributed by atoms with E-state index in [0.717, 1.165) is 52.2 Å². The van der Waals surface area contributed by atoms with Crippen molar-refractivity contribution in [3.8, 4) is 0 Å².